The Kier molecular flexibility index (Phi) is 8.30. The highest BCUT2D eigenvalue weighted by Gasteiger charge is 2.13. The molecule has 0 amide bonds. The molecule has 0 radical (unpaired) electrons. The van der Waals surface area contributed by atoms with Crippen LogP contribution in [-0.2, 0) is 7.05 Å². The van der Waals surface area contributed by atoms with E-state index in [2.05, 4.69) is 15.4 Å². The van der Waals surface area contributed by atoms with Gasteiger partial charge < -0.3 is 10.2 Å². The van der Waals surface area contributed by atoms with Gasteiger partial charge in [0.05, 0.1) is 12.6 Å². The minimum atomic E-state index is -0.372. The van der Waals surface area contributed by atoms with Gasteiger partial charge >= 0.3 is 0 Å². The van der Waals surface area contributed by atoms with Gasteiger partial charge in [0.15, 0.2) is 5.84 Å². The second-order valence-electron chi connectivity index (χ2n) is 8.06. The van der Waals surface area contributed by atoms with Crippen LogP contribution in [-0.4, -0.2) is 65.2 Å². The van der Waals surface area contributed by atoms with Gasteiger partial charge in [-0.2, -0.15) is 5.10 Å². The molecule has 3 rings (SSSR count). The van der Waals surface area contributed by atoms with E-state index in [1.807, 2.05) is 55.0 Å². The summed E-state index contributed by atoms with van der Waals surface area (Å²) in [6, 6.07) is 8.14. The Balaban J connectivity index is 1.71. The lowest BCUT2D eigenvalue weighted by atomic mass is 9.96. The van der Waals surface area contributed by atoms with Gasteiger partial charge in [-0.25, -0.2) is 4.68 Å². The second-order valence-corrected chi connectivity index (χ2v) is 9.02. The van der Waals surface area contributed by atoms with E-state index in [4.69, 9.17) is 4.99 Å². The average molecular weight is 446 g/mol. The monoisotopic (exact) mass is 445 g/mol. The number of hydrogen-bond donors (Lipinski definition) is 1. The minimum absolute atomic E-state index is 0.330. The normalized spacial score (nSPS) is 16.1. The van der Waals surface area contributed by atoms with Gasteiger partial charge in [-0.1, -0.05) is 30.6 Å². The lowest BCUT2D eigenvalue weighted by molar-refractivity contribution is -0.463. The first kappa shape index (κ1) is 23.1. The Labute approximate surface area is 186 Å². The third-order valence-electron chi connectivity index (χ3n) is 5.12. The Hall–Kier alpha value is -2.59. The van der Waals surface area contributed by atoms with E-state index in [0.29, 0.717) is 18.4 Å². The quantitative estimate of drug-likeness (QED) is 0.291. The molecule has 1 aliphatic carbocycles. The second kappa shape index (κ2) is 11.1. The van der Waals surface area contributed by atoms with Crippen molar-refractivity contribution in [3.63, 3.8) is 0 Å². The SMILES string of the molecule is CN(C)CCN=C(C[N+](=O)[O-])Nc1ccc(-c2nn(C)c(=NC3CCCCC3)s2)cc1. The maximum Gasteiger partial charge on any atom is 0.260 e. The van der Waals surface area contributed by atoms with Gasteiger partial charge in [0, 0.05) is 29.8 Å². The standard InChI is InChI=1S/C21H31N7O2S/c1-26(2)14-13-22-19(15-28(29)30)23-18-11-9-16(10-12-18)20-25-27(3)21(31-20)24-17-7-5-4-6-8-17/h9-12,17H,4-8,13-15H2,1-3H3,(H,22,23). The van der Waals surface area contributed by atoms with Crippen LogP contribution in [0.2, 0.25) is 0 Å². The van der Waals surface area contributed by atoms with E-state index >= 15 is 0 Å². The van der Waals surface area contributed by atoms with E-state index in [1.165, 1.54) is 19.3 Å². The zero-order chi connectivity index (χ0) is 22.2. The van der Waals surface area contributed by atoms with Crippen LogP contribution in [0.4, 0.5) is 5.69 Å². The highest BCUT2D eigenvalue weighted by molar-refractivity contribution is 7.12. The van der Waals surface area contributed by atoms with Crippen LogP contribution in [0.5, 0.6) is 0 Å². The highest BCUT2D eigenvalue weighted by Crippen LogP contribution is 2.23. The Morgan fingerprint density at radius 2 is 2.00 bits per heavy atom. The number of aliphatic imine (C=N–C) groups is 1. The molecule has 1 saturated carbocycles. The predicted octanol–water partition coefficient (Wildman–Crippen LogP) is 3.03. The predicted molar refractivity (Wildman–Crippen MR) is 125 cm³/mol. The van der Waals surface area contributed by atoms with Crippen molar-refractivity contribution in [2.24, 2.45) is 17.0 Å². The summed E-state index contributed by atoms with van der Waals surface area (Å²) in [6.45, 7) is 0.908. The fourth-order valence-corrected chi connectivity index (χ4v) is 4.41. The highest BCUT2D eigenvalue weighted by atomic mass is 32.1. The molecule has 0 saturated heterocycles. The Morgan fingerprint density at radius 1 is 1.29 bits per heavy atom. The van der Waals surface area contributed by atoms with Crippen molar-refractivity contribution < 1.29 is 4.92 Å². The molecule has 1 aromatic heterocycles. The number of likely N-dealkylation sites (N-methyl/N-ethyl adjacent to an activating group) is 1. The summed E-state index contributed by atoms with van der Waals surface area (Å²) in [5.74, 6) is 0.355. The van der Waals surface area contributed by atoms with Gasteiger partial charge in [0.1, 0.15) is 5.01 Å². The summed E-state index contributed by atoms with van der Waals surface area (Å²) in [7, 11) is 5.83. The van der Waals surface area contributed by atoms with E-state index < -0.39 is 0 Å². The summed E-state index contributed by atoms with van der Waals surface area (Å²) in [6.07, 6.45) is 6.16. The van der Waals surface area contributed by atoms with Crippen molar-refractivity contribution >= 4 is 22.9 Å². The topological polar surface area (TPSA) is 101 Å². The summed E-state index contributed by atoms with van der Waals surface area (Å²) < 4.78 is 1.85. The maximum atomic E-state index is 11.0. The first-order valence-corrected chi connectivity index (χ1v) is 11.5. The molecule has 0 spiro atoms. The molecule has 9 nitrogen and oxygen atoms in total. The smallest absolute Gasteiger partial charge is 0.260 e. The molecule has 1 fully saturated rings. The van der Waals surface area contributed by atoms with Crippen LogP contribution in [0.1, 0.15) is 32.1 Å². The lowest BCUT2D eigenvalue weighted by Gasteiger charge is -2.16. The molecular formula is C21H31N7O2S. The fraction of sp³-hybridized carbons (Fsp3) is 0.571. The van der Waals surface area contributed by atoms with Gasteiger partial charge in [0.2, 0.25) is 4.80 Å². The van der Waals surface area contributed by atoms with Crippen molar-refractivity contribution in [3.8, 4) is 10.6 Å². The Bertz CT molecular complexity index is 957. The van der Waals surface area contributed by atoms with E-state index in [1.54, 1.807) is 11.3 Å². The molecule has 31 heavy (non-hydrogen) atoms. The third kappa shape index (κ3) is 7.25. The van der Waals surface area contributed by atoms with Crippen molar-refractivity contribution in [1.82, 2.24) is 14.7 Å². The zero-order valence-corrected chi connectivity index (χ0v) is 19.3. The van der Waals surface area contributed by atoms with Gasteiger partial charge in [-0.05, 0) is 51.2 Å². The summed E-state index contributed by atoms with van der Waals surface area (Å²) in [4.78, 5) is 22.8. The largest absolute Gasteiger partial charge is 0.339 e. The number of benzene rings is 1. The maximum absolute atomic E-state index is 11.0. The summed E-state index contributed by atoms with van der Waals surface area (Å²) in [5.41, 5.74) is 1.76. The molecule has 1 aromatic carbocycles. The van der Waals surface area contributed by atoms with Crippen LogP contribution in [0.25, 0.3) is 10.6 Å². The van der Waals surface area contributed by atoms with Crippen LogP contribution in [0.3, 0.4) is 0 Å². The van der Waals surface area contributed by atoms with Crippen LogP contribution in [0, 0.1) is 10.1 Å². The first-order valence-electron chi connectivity index (χ1n) is 10.7. The third-order valence-corrected chi connectivity index (χ3v) is 6.19. The molecule has 1 heterocycles. The number of anilines is 1. The van der Waals surface area contributed by atoms with E-state index in [-0.39, 0.29) is 11.5 Å². The molecule has 0 unspecified atom stereocenters. The summed E-state index contributed by atoms with van der Waals surface area (Å²) in [5, 5.41) is 19.6. The molecule has 2 aromatic rings. The molecule has 0 bridgehead atoms. The number of amidine groups is 1. The fourth-order valence-electron chi connectivity index (χ4n) is 3.44. The van der Waals surface area contributed by atoms with Gasteiger partial charge in [-0.3, -0.25) is 20.1 Å². The van der Waals surface area contributed by atoms with Crippen molar-refractivity contribution in [2.75, 3.05) is 39.0 Å². The van der Waals surface area contributed by atoms with E-state index in [0.717, 1.165) is 40.4 Å². The molecule has 0 aliphatic heterocycles. The summed E-state index contributed by atoms with van der Waals surface area (Å²) >= 11 is 1.60. The zero-order valence-electron chi connectivity index (χ0n) is 18.5. The number of rotatable bonds is 8. The van der Waals surface area contributed by atoms with Gasteiger partial charge in [0.25, 0.3) is 6.54 Å². The molecule has 0 atom stereocenters. The molecule has 1 aliphatic rings. The molecular weight excluding hydrogens is 414 g/mol. The van der Waals surface area contributed by atoms with Crippen molar-refractivity contribution in [3.05, 3.63) is 39.2 Å². The van der Waals surface area contributed by atoms with Crippen LogP contribution < -0.4 is 10.1 Å². The number of hydrogen-bond acceptors (Lipinski definition) is 7. The van der Waals surface area contributed by atoms with Gasteiger partial charge in [-0.15, -0.1) is 0 Å². The number of aryl methyl sites for hydroxylation is 1. The Morgan fingerprint density at radius 3 is 2.65 bits per heavy atom. The minimum Gasteiger partial charge on any atom is -0.339 e. The number of nitro groups is 1. The number of nitrogens with one attached hydrogen (secondary N) is 1. The van der Waals surface area contributed by atoms with Crippen molar-refractivity contribution in [2.45, 2.75) is 38.1 Å². The number of nitrogens with zero attached hydrogens (tertiary/aromatic N) is 6. The lowest BCUT2D eigenvalue weighted by Crippen LogP contribution is -2.24. The average Bonchev–Trinajstić information content (AvgIpc) is 3.09. The molecule has 1 N–H and O–H groups in total. The van der Waals surface area contributed by atoms with Crippen LogP contribution >= 0.6 is 11.3 Å². The molecule has 168 valence electrons. The van der Waals surface area contributed by atoms with Crippen LogP contribution in [0.15, 0.2) is 34.3 Å². The molecule has 10 heteroatoms. The number of aromatic nitrogens is 2. The van der Waals surface area contributed by atoms with E-state index in [9.17, 15) is 10.1 Å². The first-order chi connectivity index (χ1) is 14.9. The van der Waals surface area contributed by atoms with Crippen molar-refractivity contribution in [1.29, 1.82) is 0 Å².